The van der Waals surface area contributed by atoms with Gasteiger partial charge in [0.2, 0.25) is 0 Å². The van der Waals surface area contributed by atoms with Gasteiger partial charge < -0.3 is 13.9 Å². The largest absolute Gasteiger partial charge is 0.490 e. The Hall–Kier alpha value is -2.51. The van der Waals surface area contributed by atoms with Gasteiger partial charge in [-0.2, -0.15) is 13.2 Å². The maximum atomic E-state index is 13.1. The van der Waals surface area contributed by atoms with Crippen LogP contribution in [0.2, 0.25) is 5.02 Å². The topological polar surface area (TPSA) is 48.7 Å². The van der Waals surface area contributed by atoms with Gasteiger partial charge in [-0.1, -0.05) is 17.7 Å². The monoisotopic (exact) mass is 410 g/mol. The van der Waals surface area contributed by atoms with Gasteiger partial charge in [-0.05, 0) is 30.3 Å². The second-order valence-electron chi connectivity index (χ2n) is 6.39. The molecule has 1 unspecified atom stereocenters. The number of alkyl halides is 3. The van der Waals surface area contributed by atoms with Crippen molar-refractivity contribution in [1.82, 2.24) is 0 Å². The Kier molecular flexibility index (Phi) is 4.81. The van der Waals surface area contributed by atoms with Crippen molar-refractivity contribution >= 4 is 22.6 Å². The lowest BCUT2D eigenvalue weighted by Crippen LogP contribution is -2.32. The molecule has 1 aliphatic rings. The summed E-state index contributed by atoms with van der Waals surface area (Å²) >= 11 is 6.11. The molecule has 1 aromatic heterocycles. The second-order valence-corrected chi connectivity index (χ2v) is 6.80. The van der Waals surface area contributed by atoms with E-state index in [-0.39, 0.29) is 51.2 Å². The highest BCUT2D eigenvalue weighted by molar-refractivity contribution is 6.34. The molecule has 0 spiro atoms. The molecule has 0 aliphatic carbocycles. The van der Waals surface area contributed by atoms with E-state index in [4.69, 9.17) is 25.5 Å². The Labute approximate surface area is 162 Å². The Balaban J connectivity index is 1.82. The van der Waals surface area contributed by atoms with Crippen LogP contribution in [0, 0.1) is 0 Å². The Morgan fingerprint density at radius 3 is 2.64 bits per heavy atom. The molecule has 1 fully saturated rings. The van der Waals surface area contributed by atoms with Gasteiger partial charge in [0.15, 0.2) is 11.0 Å². The normalized spacial score (nSPS) is 16.8. The van der Waals surface area contributed by atoms with Crippen LogP contribution in [-0.2, 0) is 10.9 Å². The molecule has 0 saturated carbocycles. The fraction of sp³-hybridized carbons (Fsp3) is 0.250. The maximum absolute atomic E-state index is 13.1. The highest BCUT2D eigenvalue weighted by Crippen LogP contribution is 2.38. The summed E-state index contributed by atoms with van der Waals surface area (Å²) in [6.45, 7) is 0.703. The Morgan fingerprint density at radius 2 is 1.96 bits per heavy atom. The van der Waals surface area contributed by atoms with Gasteiger partial charge in [0.05, 0.1) is 27.6 Å². The summed E-state index contributed by atoms with van der Waals surface area (Å²) in [7, 11) is 0. The molecule has 2 heterocycles. The molecule has 2 aromatic carbocycles. The van der Waals surface area contributed by atoms with Crippen molar-refractivity contribution in [3.63, 3.8) is 0 Å². The van der Waals surface area contributed by atoms with Gasteiger partial charge in [-0.3, -0.25) is 4.79 Å². The molecule has 8 heteroatoms. The van der Waals surface area contributed by atoms with Crippen molar-refractivity contribution in [3.8, 4) is 17.1 Å². The van der Waals surface area contributed by atoms with Crippen molar-refractivity contribution < 1.29 is 27.1 Å². The minimum Gasteiger partial charge on any atom is -0.490 e. The molecule has 0 radical (unpaired) electrons. The van der Waals surface area contributed by atoms with E-state index in [2.05, 4.69) is 0 Å². The van der Waals surface area contributed by atoms with Crippen LogP contribution in [-0.4, -0.2) is 19.3 Å². The lowest BCUT2D eigenvalue weighted by Gasteiger charge is -2.26. The van der Waals surface area contributed by atoms with Gasteiger partial charge in [0, 0.05) is 19.1 Å². The van der Waals surface area contributed by atoms with Crippen LogP contribution in [0.4, 0.5) is 13.2 Å². The van der Waals surface area contributed by atoms with Crippen molar-refractivity contribution in [2.24, 2.45) is 0 Å². The molecule has 146 valence electrons. The number of benzene rings is 2. The van der Waals surface area contributed by atoms with E-state index in [0.29, 0.717) is 6.61 Å². The third-order valence-corrected chi connectivity index (χ3v) is 4.80. The lowest BCUT2D eigenvalue weighted by atomic mass is 10.1. The summed E-state index contributed by atoms with van der Waals surface area (Å²) in [5.41, 5.74) is -0.819. The zero-order valence-electron chi connectivity index (χ0n) is 14.4. The first-order chi connectivity index (χ1) is 13.3. The van der Waals surface area contributed by atoms with Crippen molar-refractivity contribution in [3.05, 3.63) is 63.3 Å². The van der Waals surface area contributed by atoms with Gasteiger partial charge in [-0.25, -0.2) is 0 Å². The molecule has 0 bridgehead atoms. The summed E-state index contributed by atoms with van der Waals surface area (Å²) in [4.78, 5) is 12.4. The molecule has 28 heavy (non-hydrogen) atoms. The van der Waals surface area contributed by atoms with E-state index < -0.39 is 11.7 Å². The molecule has 1 aliphatic heterocycles. The fourth-order valence-corrected chi connectivity index (χ4v) is 3.11. The van der Waals surface area contributed by atoms with Crippen molar-refractivity contribution in [2.45, 2.75) is 18.7 Å². The van der Waals surface area contributed by atoms with E-state index in [9.17, 15) is 18.0 Å². The van der Waals surface area contributed by atoms with Gasteiger partial charge in [0.1, 0.15) is 18.1 Å². The molecular formula is C20H14ClF3O4. The van der Waals surface area contributed by atoms with Crippen LogP contribution in [0.3, 0.4) is 0 Å². The Bertz CT molecular complexity index is 1090. The smallest absolute Gasteiger partial charge is 0.416 e. The summed E-state index contributed by atoms with van der Waals surface area (Å²) in [6, 6.07) is 8.99. The maximum Gasteiger partial charge on any atom is 0.416 e. The number of para-hydroxylation sites is 1. The summed E-state index contributed by atoms with van der Waals surface area (Å²) in [5, 5.41) is 0.516. The SMILES string of the molecule is O=c1cc(-c2ccc(C(F)(F)F)cc2OCC2CCO2)oc2c(Cl)cccc12. The highest BCUT2D eigenvalue weighted by Gasteiger charge is 2.32. The van der Waals surface area contributed by atoms with Crippen LogP contribution < -0.4 is 10.2 Å². The zero-order chi connectivity index (χ0) is 19.9. The van der Waals surface area contributed by atoms with E-state index in [1.54, 1.807) is 18.2 Å². The summed E-state index contributed by atoms with van der Waals surface area (Å²) in [5.74, 6) is 0.0312. The van der Waals surface area contributed by atoms with Crippen LogP contribution in [0.25, 0.3) is 22.3 Å². The lowest BCUT2D eigenvalue weighted by molar-refractivity contribution is -0.137. The number of hydrogen-bond donors (Lipinski definition) is 0. The molecular weight excluding hydrogens is 397 g/mol. The molecule has 0 N–H and O–H groups in total. The van der Waals surface area contributed by atoms with Crippen molar-refractivity contribution in [2.75, 3.05) is 13.2 Å². The third-order valence-electron chi connectivity index (χ3n) is 4.50. The van der Waals surface area contributed by atoms with Gasteiger partial charge in [0.25, 0.3) is 0 Å². The van der Waals surface area contributed by atoms with Crippen LogP contribution in [0.1, 0.15) is 12.0 Å². The molecule has 4 nitrogen and oxygen atoms in total. The third kappa shape index (κ3) is 3.59. The molecule has 3 aromatic rings. The van der Waals surface area contributed by atoms with E-state index in [1.807, 2.05) is 0 Å². The first kappa shape index (κ1) is 18.8. The quantitative estimate of drug-likeness (QED) is 0.585. The van der Waals surface area contributed by atoms with Crippen LogP contribution in [0.15, 0.2) is 51.7 Å². The van der Waals surface area contributed by atoms with E-state index >= 15 is 0 Å². The second kappa shape index (κ2) is 7.14. The molecule has 4 rings (SSSR count). The molecule has 1 saturated heterocycles. The first-order valence-electron chi connectivity index (χ1n) is 8.51. The first-order valence-corrected chi connectivity index (χ1v) is 8.89. The van der Waals surface area contributed by atoms with Gasteiger partial charge >= 0.3 is 6.18 Å². The average Bonchev–Trinajstić information content (AvgIpc) is 2.60. The number of rotatable bonds is 4. The minimum atomic E-state index is -4.53. The minimum absolute atomic E-state index is 0.0418. The van der Waals surface area contributed by atoms with Crippen LogP contribution >= 0.6 is 11.6 Å². The predicted molar refractivity (Wildman–Crippen MR) is 97.8 cm³/mol. The molecule has 0 amide bonds. The van der Waals surface area contributed by atoms with E-state index in [1.165, 1.54) is 12.1 Å². The molecule has 1 atom stereocenters. The fourth-order valence-electron chi connectivity index (χ4n) is 2.90. The zero-order valence-corrected chi connectivity index (χ0v) is 15.1. The standard InChI is InChI=1S/C20H14ClF3O4/c21-15-3-1-2-13-16(25)9-18(28-19(13)15)14-5-4-11(20(22,23)24)8-17(14)27-10-12-6-7-26-12/h1-5,8-9,12H,6-7,10H2. The number of fused-ring (bicyclic) bond motifs is 1. The van der Waals surface area contributed by atoms with Gasteiger partial charge in [-0.15, -0.1) is 0 Å². The Morgan fingerprint density at radius 1 is 1.18 bits per heavy atom. The average molecular weight is 411 g/mol. The number of halogens is 4. The number of ether oxygens (including phenoxy) is 2. The predicted octanol–water partition coefficient (Wildman–Crippen LogP) is 5.30. The summed E-state index contributed by atoms with van der Waals surface area (Å²) < 4.78 is 56.0. The number of hydrogen-bond acceptors (Lipinski definition) is 4. The van der Waals surface area contributed by atoms with Crippen LogP contribution in [0.5, 0.6) is 5.75 Å². The highest BCUT2D eigenvalue weighted by atomic mass is 35.5. The van der Waals surface area contributed by atoms with E-state index in [0.717, 1.165) is 18.6 Å². The summed E-state index contributed by atoms with van der Waals surface area (Å²) in [6.07, 6.45) is -3.92. The van der Waals surface area contributed by atoms with Crippen molar-refractivity contribution in [1.29, 1.82) is 0 Å².